The van der Waals surface area contributed by atoms with Gasteiger partial charge < -0.3 is 28.6 Å². The van der Waals surface area contributed by atoms with Gasteiger partial charge in [-0.25, -0.2) is 0 Å². The molecule has 0 saturated carbocycles. The molecule has 0 fully saturated rings. The van der Waals surface area contributed by atoms with E-state index in [-0.39, 0.29) is 42.7 Å². The van der Waals surface area contributed by atoms with Crippen molar-refractivity contribution in [3.05, 3.63) is 36.5 Å². The van der Waals surface area contributed by atoms with Crippen molar-refractivity contribution in [3.63, 3.8) is 0 Å². The van der Waals surface area contributed by atoms with Crippen molar-refractivity contribution < 1.29 is 38.2 Å². The molecule has 0 saturated heterocycles. The van der Waals surface area contributed by atoms with Crippen LogP contribution in [0.1, 0.15) is 200 Å². The number of carbonyl (C=O) groups is 3. The number of hydrogen-bond acceptors (Lipinski definition) is 7. The highest BCUT2D eigenvalue weighted by Gasteiger charge is 2.25. The third kappa shape index (κ3) is 37.1. The zero-order valence-corrected chi connectivity index (χ0v) is 37.1. The number of carbonyl (C=O) groups excluding carboxylic acids is 3. The van der Waals surface area contributed by atoms with Crippen LogP contribution >= 0.6 is 0 Å². The summed E-state index contributed by atoms with van der Waals surface area (Å²) in [5.74, 6) is -1.76. The minimum absolute atomic E-state index is 0.0349. The molecule has 0 N–H and O–H groups in total. The Bertz CT molecular complexity index is 1020. The van der Waals surface area contributed by atoms with Crippen LogP contribution in [0.3, 0.4) is 0 Å². The number of nitrogens with zero attached hydrogens (tertiary/aromatic N) is 1. The SMILES string of the molecule is CCCCC/C=C/C=C/CCCCCCCCCCCCC(=O)OCC(COCCC(C(=O)[O-])[N+](C)(C)C)OC(=O)CCCCC/C=C/CCCCCCCC. The van der Waals surface area contributed by atoms with Gasteiger partial charge in [0, 0.05) is 19.3 Å². The minimum atomic E-state index is -1.13. The molecule has 0 heterocycles. The van der Waals surface area contributed by atoms with Crippen LogP contribution in [-0.2, 0) is 28.6 Å². The monoisotopic (exact) mass is 790 g/mol. The van der Waals surface area contributed by atoms with E-state index in [1.54, 1.807) is 21.1 Å². The Morgan fingerprint density at radius 2 is 0.946 bits per heavy atom. The maximum Gasteiger partial charge on any atom is 0.306 e. The van der Waals surface area contributed by atoms with Gasteiger partial charge in [0.05, 0.1) is 40.3 Å². The third-order valence-electron chi connectivity index (χ3n) is 10.3. The first-order chi connectivity index (χ1) is 27.1. The molecule has 2 unspecified atom stereocenters. The van der Waals surface area contributed by atoms with E-state index in [2.05, 4.69) is 50.3 Å². The standard InChI is InChI=1S/C48H87NO7/c1-6-8-10-12-14-16-18-20-21-22-23-24-25-27-28-30-32-34-36-38-46(50)55-43-44(42-54-41-40-45(48(52)53)49(3,4)5)56-47(51)39-37-35-33-31-29-26-19-17-15-13-11-9-7-2/h14,16,18,20,26,29,44-45H,6-13,15,17,19,21-25,27-28,30-43H2,1-5H3/b16-14+,20-18+,29-26+. The van der Waals surface area contributed by atoms with Crippen molar-refractivity contribution in [1.82, 2.24) is 0 Å². The number of carboxylic acids is 1. The van der Waals surface area contributed by atoms with E-state index in [1.807, 2.05) is 0 Å². The van der Waals surface area contributed by atoms with Crippen molar-refractivity contribution in [2.75, 3.05) is 41.0 Å². The smallest absolute Gasteiger partial charge is 0.306 e. The summed E-state index contributed by atoms with van der Waals surface area (Å²) in [5, 5.41) is 11.6. The Balaban J connectivity index is 4.30. The number of aliphatic carboxylic acids is 1. The van der Waals surface area contributed by atoms with Gasteiger partial charge in [-0.05, 0) is 64.2 Å². The molecule has 0 aromatic rings. The van der Waals surface area contributed by atoms with Crippen LogP contribution in [0.5, 0.6) is 0 Å². The van der Waals surface area contributed by atoms with Crippen molar-refractivity contribution in [2.45, 2.75) is 212 Å². The molecule has 2 atom stereocenters. The topological polar surface area (TPSA) is 102 Å². The van der Waals surface area contributed by atoms with Gasteiger partial charge in [0.2, 0.25) is 0 Å². The fraction of sp³-hybridized carbons (Fsp3) is 0.812. The van der Waals surface area contributed by atoms with Gasteiger partial charge in [-0.2, -0.15) is 0 Å². The maximum atomic E-state index is 12.7. The average molecular weight is 790 g/mol. The largest absolute Gasteiger partial charge is 0.544 e. The minimum Gasteiger partial charge on any atom is -0.544 e. The number of ether oxygens (including phenoxy) is 3. The first kappa shape index (κ1) is 53.6. The van der Waals surface area contributed by atoms with Gasteiger partial charge in [0.25, 0.3) is 0 Å². The van der Waals surface area contributed by atoms with E-state index < -0.39 is 18.1 Å². The summed E-state index contributed by atoms with van der Waals surface area (Å²) in [6.07, 6.45) is 44.5. The van der Waals surface area contributed by atoms with Crippen LogP contribution < -0.4 is 5.11 Å². The highest BCUT2D eigenvalue weighted by molar-refractivity contribution is 5.70. The van der Waals surface area contributed by atoms with E-state index >= 15 is 0 Å². The fourth-order valence-corrected chi connectivity index (χ4v) is 6.64. The Kier molecular flexibility index (Phi) is 37.7. The molecule has 0 aliphatic heterocycles. The summed E-state index contributed by atoms with van der Waals surface area (Å²) in [7, 11) is 5.40. The van der Waals surface area contributed by atoms with Gasteiger partial charge in [-0.1, -0.05) is 153 Å². The normalized spacial score (nSPS) is 13.2. The van der Waals surface area contributed by atoms with Gasteiger partial charge >= 0.3 is 11.9 Å². The lowest BCUT2D eigenvalue weighted by Gasteiger charge is -2.34. The molecule has 326 valence electrons. The third-order valence-corrected chi connectivity index (χ3v) is 10.3. The number of hydrogen-bond donors (Lipinski definition) is 0. The first-order valence-electron chi connectivity index (χ1n) is 23.0. The van der Waals surface area contributed by atoms with Crippen LogP contribution in [0.15, 0.2) is 36.5 Å². The average Bonchev–Trinajstić information content (AvgIpc) is 3.15. The van der Waals surface area contributed by atoms with Gasteiger partial charge in [-0.15, -0.1) is 0 Å². The predicted octanol–water partition coefficient (Wildman–Crippen LogP) is 11.3. The number of quaternary nitrogens is 1. The maximum absolute atomic E-state index is 12.7. The van der Waals surface area contributed by atoms with E-state index in [0.29, 0.717) is 12.8 Å². The molecule has 0 radical (unpaired) electrons. The molecule has 56 heavy (non-hydrogen) atoms. The second kappa shape index (κ2) is 39.4. The summed E-state index contributed by atoms with van der Waals surface area (Å²) in [4.78, 5) is 36.9. The lowest BCUT2D eigenvalue weighted by molar-refractivity contribution is -0.889. The molecule has 0 aromatic heterocycles. The molecule has 8 heteroatoms. The summed E-state index contributed by atoms with van der Waals surface area (Å²) in [5.41, 5.74) is 0. The highest BCUT2D eigenvalue weighted by Crippen LogP contribution is 2.14. The van der Waals surface area contributed by atoms with E-state index in [1.165, 1.54) is 116 Å². The summed E-state index contributed by atoms with van der Waals surface area (Å²) >= 11 is 0. The summed E-state index contributed by atoms with van der Waals surface area (Å²) in [6.45, 7) is 4.61. The van der Waals surface area contributed by atoms with Crippen molar-refractivity contribution in [1.29, 1.82) is 0 Å². The Morgan fingerprint density at radius 3 is 1.45 bits per heavy atom. The molecule has 0 aromatic carbocycles. The van der Waals surface area contributed by atoms with Crippen LogP contribution in [0, 0.1) is 0 Å². The van der Waals surface area contributed by atoms with Crippen LogP contribution in [0.2, 0.25) is 0 Å². The van der Waals surface area contributed by atoms with Crippen molar-refractivity contribution in [2.24, 2.45) is 0 Å². The number of esters is 2. The second-order valence-electron chi connectivity index (χ2n) is 16.7. The summed E-state index contributed by atoms with van der Waals surface area (Å²) in [6, 6.07) is -0.727. The first-order valence-corrected chi connectivity index (χ1v) is 23.0. The molecular weight excluding hydrogens is 703 g/mol. The molecular formula is C48H87NO7. The Labute approximate surface area is 344 Å². The van der Waals surface area contributed by atoms with Crippen molar-refractivity contribution >= 4 is 17.9 Å². The molecule has 0 bridgehead atoms. The number of rotatable bonds is 41. The number of unbranched alkanes of at least 4 members (excludes halogenated alkanes) is 22. The lowest BCUT2D eigenvalue weighted by Crippen LogP contribution is -2.55. The van der Waals surface area contributed by atoms with E-state index in [0.717, 1.165) is 51.4 Å². The highest BCUT2D eigenvalue weighted by atomic mass is 16.6. The van der Waals surface area contributed by atoms with Crippen LogP contribution in [0.25, 0.3) is 0 Å². The quantitative estimate of drug-likeness (QED) is 0.0200. The van der Waals surface area contributed by atoms with E-state index in [9.17, 15) is 19.5 Å². The molecule has 0 rings (SSSR count). The summed E-state index contributed by atoms with van der Waals surface area (Å²) < 4.78 is 17.2. The van der Waals surface area contributed by atoms with Crippen molar-refractivity contribution in [3.8, 4) is 0 Å². The number of carboxylic acid groups (broad SMARTS) is 1. The van der Waals surface area contributed by atoms with Crippen LogP contribution in [-0.4, -0.2) is 75.5 Å². The van der Waals surface area contributed by atoms with E-state index in [4.69, 9.17) is 14.2 Å². The molecule has 0 amide bonds. The molecule has 8 nitrogen and oxygen atoms in total. The fourth-order valence-electron chi connectivity index (χ4n) is 6.64. The molecule has 0 aliphatic carbocycles. The van der Waals surface area contributed by atoms with Crippen LogP contribution in [0.4, 0.5) is 0 Å². The number of allylic oxidation sites excluding steroid dienone is 6. The number of likely N-dealkylation sites (N-methyl/N-ethyl adjacent to an activating group) is 1. The van der Waals surface area contributed by atoms with Gasteiger partial charge in [-0.3, -0.25) is 9.59 Å². The van der Waals surface area contributed by atoms with Gasteiger partial charge in [0.1, 0.15) is 12.6 Å². The predicted molar refractivity (Wildman–Crippen MR) is 231 cm³/mol. The zero-order valence-electron chi connectivity index (χ0n) is 37.1. The van der Waals surface area contributed by atoms with Gasteiger partial charge in [0.15, 0.2) is 6.10 Å². The Hall–Kier alpha value is -2.45. The second-order valence-corrected chi connectivity index (χ2v) is 16.7. The molecule has 0 aliphatic rings. The Morgan fingerprint density at radius 1 is 0.536 bits per heavy atom. The lowest BCUT2D eigenvalue weighted by atomic mass is 10.1. The molecule has 0 spiro atoms. The zero-order chi connectivity index (χ0) is 41.4.